The fourth-order valence-corrected chi connectivity index (χ4v) is 2.84. The number of rotatable bonds is 4. The summed E-state index contributed by atoms with van der Waals surface area (Å²) in [5.74, 6) is -0.116. The van der Waals surface area contributed by atoms with Crippen molar-refractivity contribution in [2.24, 2.45) is 5.73 Å². The second kappa shape index (κ2) is 5.33. The smallest absolute Gasteiger partial charge is 0.289 e. The van der Waals surface area contributed by atoms with Crippen LogP contribution in [0.1, 0.15) is 5.56 Å². The van der Waals surface area contributed by atoms with Crippen LogP contribution in [0, 0.1) is 0 Å². The Morgan fingerprint density at radius 1 is 1.24 bits per heavy atom. The summed E-state index contributed by atoms with van der Waals surface area (Å²) in [5.41, 5.74) is 6.45. The molecular formula is C12H14N2O2S. The van der Waals surface area contributed by atoms with Crippen molar-refractivity contribution in [3.05, 3.63) is 35.9 Å². The summed E-state index contributed by atoms with van der Waals surface area (Å²) in [6.07, 6.45) is 0.594. The van der Waals surface area contributed by atoms with E-state index in [4.69, 9.17) is 5.73 Å². The Morgan fingerprint density at radius 3 is 2.59 bits per heavy atom. The fourth-order valence-electron chi connectivity index (χ4n) is 1.79. The maximum atomic E-state index is 11.9. The van der Waals surface area contributed by atoms with E-state index in [9.17, 15) is 9.59 Å². The molecule has 1 unspecified atom stereocenters. The second-order valence-electron chi connectivity index (χ2n) is 3.84. The minimum absolute atomic E-state index is 0.116. The number of amides is 2. The molecule has 2 rings (SSSR count). The number of thioether (sulfide) groups is 1. The van der Waals surface area contributed by atoms with E-state index in [2.05, 4.69) is 0 Å². The molecule has 1 fully saturated rings. The van der Waals surface area contributed by atoms with Crippen LogP contribution >= 0.6 is 11.8 Å². The first-order chi connectivity index (χ1) is 8.22. The number of carbonyl (C=O) groups is 2. The van der Waals surface area contributed by atoms with E-state index in [0.717, 1.165) is 17.3 Å². The van der Waals surface area contributed by atoms with Gasteiger partial charge in [-0.1, -0.05) is 42.1 Å². The maximum absolute atomic E-state index is 11.9. The van der Waals surface area contributed by atoms with Gasteiger partial charge in [0.15, 0.2) is 0 Å². The first-order valence-electron chi connectivity index (χ1n) is 5.48. The molecular weight excluding hydrogens is 236 g/mol. The van der Waals surface area contributed by atoms with E-state index >= 15 is 0 Å². The third kappa shape index (κ3) is 2.68. The highest BCUT2D eigenvalue weighted by atomic mass is 32.2. The number of hydrogen-bond acceptors (Lipinski definition) is 4. The minimum Gasteiger partial charge on any atom is -0.329 e. The molecule has 0 saturated carbocycles. The molecule has 90 valence electrons. The average Bonchev–Trinajstić information content (AvgIpc) is 2.59. The van der Waals surface area contributed by atoms with Gasteiger partial charge in [-0.3, -0.25) is 14.5 Å². The molecule has 0 aromatic heterocycles. The van der Waals surface area contributed by atoms with Gasteiger partial charge in [-0.05, 0) is 12.0 Å². The average molecular weight is 250 g/mol. The zero-order valence-corrected chi connectivity index (χ0v) is 10.2. The van der Waals surface area contributed by atoms with Crippen molar-refractivity contribution in [3.63, 3.8) is 0 Å². The lowest BCUT2D eigenvalue weighted by Crippen LogP contribution is -2.36. The predicted octanol–water partition coefficient (Wildman–Crippen LogP) is 1.25. The molecule has 4 nitrogen and oxygen atoms in total. The molecule has 1 atom stereocenters. The van der Waals surface area contributed by atoms with Crippen LogP contribution in [0.4, 0.5) is 4.79 Å². The van der Waals surface area contributed by atoms with Gasteiger partial charge in [0.05, 0.1) is 5.25 Å². The topological polar surface area (TPSA) is 63.4 Å². The molecule has 0 aliphatic carbocycles. The van der Waals surface area contributed by atoms with E-state index in [-0.39, 0.29) is 16.4 Å². The third-order valence-corrected chi connectivity index (χ3v) is 3.70. The van der Waals surface area contributed by atoms with Gasteiger partial charge in [-0.2, -0.15) is 0 Å². The summed E-state index contributed by atoms with van der Waals surface area (Å²) in [6, 6.07) is 9.71. The van der Waals surface area contributed by atoms with E-state index in [1.165, 1.54) is 4.90 Å². The summed E-state index contributed by atoms with van der Waals surface area (Å²) >= 11 is 1.10. The van der Waals surface area contributed by atoms with Gasteiger partial charge >= 0.3 is 0 Å². The predicted molar refractivity (Wildman–Crippen MR) is 67.7 cm³/mol. The van der Waals surface area contributed by atoms with E-state index in [1.54, 1.807) is 0 Å². The van der Waals surface area contributed by atoms with E-state index < -0.39 is 0 Å². The lowest BCUT2D eigenvalue weighted by molar-refractivity contribution is -0.126. The Hall–Kier alpha value is -1.33. The number of nitrogens with zero attached hydrogens (tertiary/aromatic N) is 1. The zero-order chi connectivity index (χ0) is 12.3. The van der Waals surface area contributed by atoms with Crippen molar-refractivity contribution in [3.8, 4) is 0 Å². The van der Waals surface area contributed by atoms with Crippen LogP contribution in [-0.2, 0) is 11.2 Å². The SMILES string of the molecule is NCCN1C(=O)SC(Cc2ccccc2)C1=O. The summed E-state index contributed by atoms with van der Waals surface area (Å²) in [4.78, 5) is 24.8. The van der Waals surface area contributed by atoms with Crippen molar-refractivity contribution < 1.29 is 9.59 Å². The maximum Gasteiger partial charge on any atom is 0.289 e. The van der Waals surface area contributed by atoms with Crippen LogP contribution < -0.4 is 5.73 Å². The van der Waals surface area contributed by atoms with Crippen molar-refractivity contribution >= 4 is 22.9 Å². The second-order valence-corrected chi connectivity index (χ2v) is 4.99. The van der Waals surface area contributed by atoms with Gasteiger partial charge < -0.3 is 5.73 Å². The first-order valence-corrected chi connectivity index (χ1v) is 6.36. The lowest BCUT2D eigenvalue weighted by Gasteiger charge is -2.11. The van der Waals surface area contributed by atoms with Crippen molar-refractivity contribution in [1.29, 1.82) is 0 Å². The van der Waals surface area contributed by atoms with Crippen LogP contribution in [0.2, 0.25) is 0 Å². The Balaban J connectivity index is 2.04. The van der Waals surface area contributed by atoms with Crippen LogP contribution in [0.15, 0.2) is 30.3 Å². The van der Waals surface area contributed by atoms with Crippen molar-refractivity contribution in [2.45, 2.75) is 11.7 Å². The number of carbonyl (C=O) groups excluding carboxylic acids is 2. The van der Waals surface area contributed by atoms with Crippen LogP contribution in [0.5, 0.6) is 0 Å². The molecule has 1 heterocycles. The summed E-state index contributed by atoms with van der Waals surface area (Å²) in [6.45, 7) is 0.631. The minimum atomic E-state index is -0.295. The van der Waals surface area contributed by atoms with Crippen molar-refractivity contribution in [1.82, 2.24) is 4.90 Å². The molecule has 0 bridgehead atoms. The Labute approximate surface area is 104 Å². The van der Waals surface area contributed by atoms with E-state index in [1.807, 2.05) is 30.3 Å². The molecule has 1 aromatic carbocycles. The molecule has 17 heavy (non-hydrogen) atoms. The van der Waals surface area contributed by atoms with Crippen LogP contribution in [0.3, 0.4) is 0 Å². The zero-order valence-electron chi connectivity index (χ0n) is 9.33. The number of benzene rings is 1. The molecule has 2 amide bonds. The highest BCUT2D eigenvalue weighted by Gasteiger charge is 2.38. The summed E-state index contributed by atoms with van der Waals surface area (Å²) < 4.78 is 0. The molecule has 5 heteroatoms. The normalized spacial score (nSPS) is 20.1. The number of nitrogens with two attached hydrogens (primary N) is 1. The van der Waals surface area contributed by atoms with Gasteiger partial charge in [0, 0.05) is 13.1 Å². The third-order valence-electron chi connectivity index (χ3n) is 2.62. The molecule has 1 aromatic rings. The molecule has 2 N–H and O–H groups in total. The molecule has 0 spiro atoms. The molecule has 1 aliphatic rings. The lowest BCUT2D eigenvalue weighted by atomic mass is 10.1. The van der Waals surface area contributed by atoms with Crippen molar-refractivity contribution in [2.75, 3.05) is 13.1 Å². The van der Waals surface area contributed by atoms with Crippen LogP contribution in [-0.4, -0.2) is 34.4 Å². The highest BCUT2D eigenvalue weighted by Crippen LogP contribution is 2.29. The Kier molecular flexibility index (Phi) is 3.81. The van der Waals surface area contributed by atoms with Gasteiger partial charge in [0.1, 0.15) is 0 Å². The quantitative estimate of drug-likeness (QED) is 0.873. The highest BCUT2D eigenvalue weighted by molar-refractivity contribution is 8.15. The first kappa shape index (κ1) is 12.1. The Morgan fingerprint density at radius 2 is 1.94 bits per heavy atom. The van der Waals surface area contributed by atoms with Gasteiger partial charge in [0.2, 0.25) is 5.91 Å². The molecule has 0 radical (unpaired) electrons. The largest absolute Gasteiger partial charge is 0.329 e. The molecule has 1 saturated heterocycles. The Bertz CT molecular complexity index is 422. The summed E-state index contributed by atoms with van der Waals surface area (Å²) in [5, 5.41) is -0.474. The fraction of sp³-hybridized carbons (Fsp3) is 0.333. The standard InChI is InChI=1S/C12H14N2O2S/c13-6-7-14-11(15)10(17-12(14)16)8-9-4-2-1-3-5-9/h1-5,10H,6-8,13H2. The van der Waals surface area contributed by atoms with Gasteiger partial charge in [-0.25, -0.2) is 0 Å². The van der Waals surface area contributed by atoms with Gasteiger partial charge in [0.25, 0.3) is 5.24 Å². The van der Waals surface area contributed by atoms with E-state index in [0.29, 0.717) is 19.5 Å². The van der Waals surface area contributed by atoms with Gasteiger partial charge in [-0.15, -0.1) is 0 Å². The number of hydrogen-bond donors (Lipinski definition) is 1. The van der Waals surface area contributed by atoms with Crippen LogP contribution in [0.25, 0.3) is 0 Å². The molecule has 1 aliphatic heterocycles. The summed E-state index contributed by atoms with van der Waals surface area (Å²) in [7, 11) is 0. The monoisotopic (exact) mass is 250 g/mol. The number of imide groups is 1.